The molecule has 14 nitrogen and oxygen atoms in total. The average molecular weight is 570 g/mol. The molecule has 2 fully saturated rings. The van der Waals surface area contributed by atoms with E-state index in [1.54, 1.807) is 28.8 Å². The molecule has 1 amide bonds. The Labute approximate surface area is 234 Å². The molecule has 5 rings (SSSR count). The zero-order valence-electron chi connectivity index (χ0n) is 22.6. The van der Waals surface area contributed by atoms with Gasteiger partial charge in [-0.2, -0.15) is 0 Å². The first kappa shape index (κ1) is 28.5. The first-order valence-electron chi connectivity index (χ1n) is 13.2. The summed E-state index contributed by atoms with van der Waals surface area (Å²) in [5, 5.41) is 13.9. The van der Waals surface area contributed by atoms with E-state index in [0.29, 0.717) is 35.5 Å². The number of nitrogens with zero attached hydrogens (tertiary/aromatic N) is 4. The molecule has 2 aliphatic heterocycles. The van der Waals surface area contributed by atoms with Crippen LogP contribution in [-0.4, -0.2) is 87.2 Å². The summed E-state index contributed by atoms with van der Waals surface area (Å²) in [6, 6.07) is 6.60. The minimum atomic E-state index is -1.18. The van der Waals surface area contributed by atoms with Crippen molar-refractivity contribution in [2.75, 3.05) is 25.6 Å². The molecule has 2 saturated heterocycles. The van der Waals surface area contributed by atoms with Crippen LogP contribution in [0, 0.1) is 0 Å². The number of aromatic nitrogens is 4. The van der Waals surface area contributed by atoms with Crippen LogP contribution in [0.15, 0.2) is 36.9 Å². The van der Waals surface area contributed by atoms with Crippen molar-refractivity contribution in [3.8, 4) is 5.75 Å². The smallest absolute Gasteiger partial charge is 0.306 e. The lowest BCUT2D eigenvalue weighted by molar-refractivity contribution is -0.181. The van der Waals surface area contributed by atoms with E-state index in [4.69, 9.17) is 23.7 Å². The fraction of sp³-hybridized carbons (Fsp3) is 0.481. The molecule has 1 aromatic carbocycles. The van der Waals surface area contributed by atoms with Gasteiger partial charge in [-0.15, -0.1) is 0 Å². The van der Waals surface area contributed by atoms with E-state index in [9.17, 15) is 19.5 Å². The highest BCUT2D eigenvalue weighted by molar-refractivity contribution is 6.06. The molecule has 0 aliphatic carbocycles. The molecule has 0 saturated carbocycles. The van der Waals surface area contributed by atoms with Gasteiger partial charge in [0.1, 0.15) is 42.8 Å². The Bertz CT molecular complexity index is 1390. The number of carbonyl (C=O) groups is 3. The first-order valence-corrected chi connectivity index (χ1v) is 13.2. The monoisotopic (exact) mass is 569 g/mol. The molecule has 2 aliphatic rings. The fourth-order valence-corrected chi connectivity index (χ4v) is 4.63. The van der Waals surface area contributed by atoms with Gasteiger partial charge in [0.2, 0.25) is 0 Å². The van der Waals surface area contributed by atoms with E-state index in [1.165, 1.54) is 26.7 Å². The number of hydrogen-bond donors (Lipinski definition) is 2. The van der Waals surface area contributed by atoms with Crippen LogP contribution in [0.25, 0.3) is 11.2 Å². The highest BCUT2D eigenvalue weighted by Crippen LogP contribution is 2.36. The number of benzene rings is 1. The predicted molar refractivity (Wildman–Crippen MR) is 141 cm³/mol. The number of hydrogen-bond acceptors (Lipinski definition) is 12. The maximum absolute atomic E-state index is 12.9. The number of ether oxygens (including phenoxy) is 5. The summed E-state index contributed by atoms with van der Waals surface area (Å²) in [7, 11) is 1.54. The molecule has 1 unspecified atom stereocenters. The number of esters is 1. The Hall–Kier alpha value is -3.98. The number of methoxy groups -OCH3 is 1. The number of aliphatic hydroxyl groups excluding tert-OH is 1. The molecule has 5 atom stereocenters. The Morgan fingerprint density at radius 1 is 1.15 bits per heavy atom. The summed E-state index contributed by atoms with van der Waals surface area (Å²) in [6.07, 6.45) is -0.287. The van der Waals surface area contributed by atoms with Gasteiger partial charge in [-0.1, -0.05) is 0 Å². The molecule has 2 N–H and O–H groups in total. The third-order valence-corrected chi connectivity index (χ3v) is 6.82. The van der Waals surface area contributed by atoms with E-state index in [-0.39, 0.29) is 31.0 Å². The number of anilines is 1. The van der Waals surface area contributed by atoms with Crippen LogP contribution in [0.5, 0.6) is 5.75 Å². The fourth-order valence-electron chi connectivity index (χ4n) is 4.63. The largest absolute Gasteiger partial charge is 0.497 e. The van der Waals surface area contributed by atoms with Crippen molar-refractivity contribution in [2.45, 2.75) is 63.4 Å². The first-order chi connectivity index (χ1) is 19.8. The molecular formula is C27H31N5O9. The van der Waals surface area contributed by atoms with Crippen molar-refractivity contribution in [3.05, 3.63) is 42.5 Å². The molecule has 14 heteroatoms. The van der Waals surface area contributed by atoms with Crippen molar-refractivity contribution in [1.82, 2.24) is 19.5 Å². The SMILES string of the molecule is COc1ccc(C(=O)Nc2ncnc3c2ncn3[C@@H]2O[C@H](COC(=O)CCC(C)=O)[C@@H](O)[C@H]2OC2CCCO2)cc1. The maximum Gasteiger partial charge on any atom is 0.306 e. The van der Waals surface area contributed by atoms with Crippen LogP contribution in [0.1, 0.15) is 49.2 Å². The summed E-state index contributed by atoms with van der Waals surface area (Å²) in [6.45, 7) is 1.68. The van der Waals surface area contributed by atoms with Gasteiger partial charge < -0.3 is 38.9 Å². The topological polar surface area (TPSA) is 173 Å². The highest BCUT2D eigenvalue weighted by atomic mass is 16.7. The minimum Gasteiger partial charge on any atom is -0.497 e. The van der Waals surface area contributed by atoms with Gasteiger partial charge in [-0.3, -0.25) is 14.2 Å². The van der Waals surface area contributed by atoms with Gasteiger partial charge in [0.05, 0.1) is 19.9 Å². The second-order valence-corrected chi connectivity index (χ2v) is 9.71. The van der Waals surface area contributed by atoms with E-state index in [1.807, 2.05) is 0 Å². The zero-order valence-corrected chi connectivity index (χ0v) is 22.6. The molecule has 0 bridgehead atoms. The van der Waals surface area contributed by atoms with Crippen LogP contribution in [0.2, 0.25) is 0 Å². The lowest BCUT2D eigenvalue weighted by Crippen LogP contribution is -2.38. The number of Topliss-reactive ketones (excluding diaryl/α,β-unsaturated/α-hetero) is 1. The summed E-state index contributed by atoms with van der Waals surface area (Å²) >= 11 is 0. The van der Waals surface area contributed by atoms with Gasteiger partial charge in [-0.05, 0) is 37.6 Å². The predicted octanol–water partition coefficient (Wildman–Crippen LogP) is 1.78. The number of aliphatic hydroxyl groups is 1. The van der Waals surface area contributed by atoms with Crippen LogP contribution in [-0.2, 0) is 28.5 Å². The quantitative estimate of drug-likeness (QED) is 0.321. The van der Waals surface area contributed by atoms with Crippen LogP contribution in [0.3, 0.4) is 0 Å². The third-order valence-electron chi connectivity index (χ3n) is 6.82. The van der Waals surface area contributed by atoms with Crippen molar-refractivity contribution < 1.29 is 43.2 Å². The second-order valence-electron chi connectivity index (χ2n) is 9.71. The number of ketones is 1. The highest BCUT2D eigenvalue weighted by Gasteiger charge is 2.48. The minimum absolute atomic E-state index is 0.0640. The lowest BCUT2D eigenvalue weighted by atomic mass is 10.1. The number of amides is 1. The number of nitrogens with one attached hydrogen (secondary N) is 1. The Morgan fingerprint density at radius 3 is 2.66 bits per heavy atom. The Balaban J connectivity index is 1.36. The van der Waals surface area contributed by atoms with Crippen LogP contribution in [0.4, 0.5) is 5.82 Å². The molecule has 2 aromatic heterocycles. The van der Waals surface area contributed by atoms with E-state index >= 15 is 0 Å². The van der Waals surface area contributed by atoms with E-state index in [0.717, 1.165) is 6.42 Å². The normalized spacial score (nSPS) is 23.9. The van der Waals surface area contributed by atoms with Gasteiger partial charge >= 0.3 is 5.97 Å². The summed E-state index contributed by atoms with van der Waals surface area (Å²) in [5.74, 6) is -0.305. The van der Waals surface area contributed by atoms with Crippen molar-refractivity contribution in [3.63, 3.8) is 0 Å². The van der Waals surface area contributed by atoms with Crippen molar-refractivity contribution >= 4 is 34.6 Å². The molecule has 0 radical (unpaired) electrons. The second kappa shape index (κ2) is 12.7. The number of imidazole rings is 1. The van der Waals surface area contributed by atoms with Gasteiger partial charge in [-0.25, -0.2) is 15.0 Å². The van der Waals surface area contributed by atoms with Gasteiger partial charge in [0.15, 0.2) is 29.5 Å². The summed E-state index contributed by atoms with van der Waals surface area (Å²) < 4.78 is 29.8. The zero-order chi connectivity index (χ0) is 28.9. The number of carbonyl (C=O) groups excluding carboxylic acids is 3. The Morgan fingerprint density at radius 2 is 1.95 bits per heavy atom. The number of fused-ring (bicyclic) bond motifs is 1. The van der Waals surface area contributed by atoms with Crippen LogP contribution < -0.4 is 10.1 Å². The van der Waals surface area contributed by atoms with Crippen LogP contribution >= 0.6 is 0 Å². The average Bonchev–Trinajstić information content (AvgIpc) is 3.71. The maximum atomic E-state index is 12.9. The summed E-state index contributed by atoms with van der Waals surface area (Å²) in [4.78, 5) is 49.1. The van der Waals surface area contributed by atoms with Gasteiger partial charge in [0.25, 0.3) is 5.91 Å². The van der Waals surface area contributed by atoms with Crippen molar-refractivity contribution in [2.24, 2.45) is 0 Å². The molecule has 41 heavy (non-hydrogen) atoms. The molecule has 218 valence electrons. The molecule has 3 aromatic rings. The Kier molecular flexibility index (Phi) is 8.83. The van der Waals surface area contributed by atoms with Crippen molar-refractivity contribution in [1.29, 1.82) is 0 Å². The lowest BCUT2D eigenvalue weighted by Gasteiger charge is -2.24. The molecule has 0 spiro atoms. The van der Waals surface area contributed by atoms with Gasteiger partial charge in [0, 0.05) is 25.0 Å². The third kappa shape index (κ3) is 6.51. The standard InChI is InChI=1S/C27H31N5O9/c1-15(33)5-10-19(34)39-12-18-22(35)23(41-20-4-3-11-38-20)27(40-18)32-14-30-21-24(28-13-29-25(21)32)31-26(36)16-6-8-17(37-2)9-7-16/h6-9,13-14,18,20,22-23,27,35H,3-5,10-12H2,1-2H3,(H,28,29,31,36)/t18-,20?,22-,23-,27-/m1/s1. The van der Waals surface area contributed by atoms with E-state index < -0.39 is 42.7 Å². The molecular weight excluding hydrogens is 538 g/mol. The number of rotatable bonds is 11. The molecule has 4 heterocycles. The summed E-state index contributed by atoms with van der Waals surface area (Å²) in [5.41, 5.74) is 1.01. The van der Waals surface area contributed by atoms with E-state index in [2.05, 4.69) is 20.3 Å².